The van der Waals surface area contributed by atoms with Crippen molar-refractivity contribution < 1.29 is 9.13 Å². The summed E-state index contributed by atoms with van der Waals surface area (Å²) in [5, 5.41) is 0. The smallest absolute Gasteiger partial charge is 0.129 e. The summed E-state index contributed by atoms with van der Waals surface area (Å²) in [5.41, 5.74) is 1.78. The molecular formula is C11H13FO. The summed E-state index contributed by atoms with van der Waals surface area (Å²) in [5.74, 6) is 0.484. The van der Waals surface area contributed by atoms with Crippen molar-refractivity contribution in [1.82, 2.24) is 0 Å². The molecule has 1 fully saturated rings. The number of methoxy groups -OCH3 is 1. The van der Waals surface area contributed by atoms with Gasteiger partial charge in [-0.2, -0.15) is 0 Å². The van der Waals surface area contributed by atoms with Crippen LogP contribution in [0.2, 0.25) is 0 Å². The lowest BCUT2D eigenvalue weighted by Gasteiger charge is -2.03. The lowest BCUT2D eigenvalue weighted by molar-refractivity contribution is 0.181. The van der Waals surface area contributed by atoms with E-state index in [4.69, 9.17) is 4.74 Å². The third-order valence-electron chi connectivity index (χ3n) is 2.43. The third-order valence-corrected chi connectivity index (χ3v) is 2.43. The Labute approximate surface area is 77.5 Å². The van der Waals surface area contributed by atoms with Crippen LogP contribution in [0.3, 0.4) is 0 Å². The molecule has 0 bridgehead atoms. The topological polar surface area (TPSA) is 9.23 Å². The SMILES string of the molecule is COCc1ccc(C2CC2)cc1F. The van der Waals surface area contributed by atoms with Crippen molar-refractivity contribution in [2.24, 2.45) is 0 Å². The van der Waals surface area contributed by atoms with Crippen LogP contribution in [-0.4, -0.2) is 7.11 Å². The minimum Gasteiger partial charge on any atom is -0.380 e. The third kappa shape index (κ3) is 1.89. The quantitative estimate of drug-likeness (QED) is 0.695. The van der Waals surface area contributed by atoms with Crippen molar-refractivity contribution in [2.75, 3.05) is 7.11 Å². The maximum absolute atomic E-state index is 13.3. The van der Waals surface area contributed by atoms with Crippen LogP contribution in [0.25, 0.3) is 0 Å². The number of hydrogen-bond acceptors (Lipinski definition) is 1. The molecule has 1 nitrogen and oxygen atoms in total. The van der Waals surface area contributed by atoms with Crippen molar-refractivity contribution in [2.45, 2.75) is 25.4 Å². The zero-order valence-corrected chi connectivity index (χ0v) is 7.72. The van der Waals surface area contributed by atoms with Gasteiger partial charge in [-0.1, -0.05) is 12.1 Å². The van der Waals surface area contributed by atoms with E-state index in [-0.39, 0.29) is 5.82 Å². The molecule has 0 N–H and O–H groups in total. The monoisotopic (exact) mass is 180 g/mol. The number of rotatable bonds is 3. The highest BCUT2D eigenvalue weighted by Gasteiger charge is 2.23. The first-order valence-electron chi connectivity index (χ1n) is 4.58. The van der Waals surface area contributed by atoms with Gasteiger partial charge in [0.2, 0.25) is 0 Å². The zero-order valence-electron chi connectivity index (χ0n) is 7.72. The molecule has 0 aromatic heterocycles. The lowest BCUT2D eigenvalue weighted by atomic mass is 10.1. The van der Waals surface area contributed by atoms with E-state index >= 15 is 0 Å². The second-order valence-corrected chi connectivity index (χ2v) is 3.56. The van der Waals surface area contributed by atoms with E-state index in [0.717, 1.165) is 5.56 Å². The number of halogens is 1. The Hall–Kier alpha value is -0.890. The Morgan fingerprint density at radius 1 is 1.46 bits per heavy atom. The highest BCUT2D eigenvalue weighted by molar-refractivity contribution is 5.29. The molecule has 0 unspecified atom stereocenters. The molecule has 0 aliphatic heterocycles. The molecule has 0 heterocycles. The Kier molecular flexibility index (Phi) is 2.32. The fraction of sp³-hybridized carbons (Fsp3) is 0.455. The summed E-state index contributed by atoms with van der Waals surface area (Å²) < 4.78 is 18.2. The van der Waals surface area contributed by atoms with E-state index in [1.54, 1.807) is 13.2 Å². The van der Waals surface area contributed by atoms with E-state index < -0.39 is 0 Å². The van der Waals surface area contributed by atoms with Crippen molar-refractivity contribution >= 4 is 0 Å². The standard InChI is InChI=1S/C11H13FO/c1-13-7-10-5-4-9(6-11(10)12)8-2-3-8/h4-6,8H,2-3,7H2,1H3. The van der Waals surface area contributed by atoms with Gasteiger partial charge in [0.25, 0.3) is 0 Å². The van der Waals surface area contributed by atoms with Crippen molar-refractivity contribution in [3.05, 3.63) is 35.1 Å². The van der Waals surface area contributed by atoms with Crippen LogP contribution in [0, 0.1) is 5.82 Å². The number of hydrogen-bond donors (Lipinski definition) is 0. The second-order valence-electron chi connectivity index (χ2n) is 3.56. The van der Waals surface area contributed by atoms with Crippen LogP contribution in [0.15, 0.2) is 18.2 Å². The van der Waals surface area contributed by atoms with Crippen LogP contribution >= 0.6 is 0 Å². The molecule has 1 aliphatic rings. The van der Waals surface area contributed by atoms with E-state index in [1.807, 2.05) is 12.1 Å². The van der Waals surface area contributed by atoms with Crippen molar-refractivity contribution in [3.63, 3.8) is 0 Å². The molecule has 2 heteroatoms. The van der Waals surface area contributed by atoms with Crippen LogP contribution < -0.4 is 0 Å². The fourth-order valence-electron chi connectivity index (χ4n) is 1.51. The van der Waals surface area contributed by atoms with Gasteiger partial charge in [-0.25, -0.2) is 4.39 Å². The maximum Gasteiger partial charge on any atom is 0.129 e. The minimum absolute atomic E-state index is 0.133. The number of ether oxygens (including phenoxy) is 1. The summed E-state index contributed by atoms with van der Waals surface area (Å²) in [6.45, 7) is 0.358. The highest BCUT2D eigenvalue weighted by atomic mass is 19.1. The molecule has 0 saturated heterocycles. The van der Waals surface area contributed by atoms with Gasteiger partial charge in [0.15, 0.2) is 0 Å². The molecule has 0 radical (unpaired) electrons. The van der Waals surface area contributed by atoms with Gasteiger partial charge in [0.05, 0.1) is 6.61 Å². The second kappa shape index (κ2) is 3.46. The molecule has 1 saturated carbocycles. The lowest BCUT2D eigenvalue weighted by Crippen LogP contribution is -1.93. The van der Waals surface area contributed by atoms with E-state index in [1.165, 1.54) is 12.8 Å². The van der Waals surface area contributed by atoms with Crippen molar-refractivity contribution in [1.29, 1.82) is 0 Å². The van der Waals surface area contributed by atoms with Crippen LogP contribution in [0.4, 0.5) is 4.39 Å². The van der Waals surface area contributed by atoms with E-state index in [0.29, 0.717) is 18.1 Å². The van der Waals surface area contributed by atoms with Gasteiger partial charge < -0.3 is 4.74 Å². The maximum atomic E-state index is 13.3. The molecule has 1 aromatic rings. The molecule has 0 spiro atoms. The molecule has 1 aliphatic carbocycles. The van der Waals surface area contributed by atoms with Gasteiger partial charge in [-0.05, 0) is 30.4 Å². The molecule has 70 valence electrons. The summed E-state index contributed by atoms with van der Waals surface area (Å²) >= 11 is 0. The van der Waals surface area contributed by atoms with Gasteiger partial charge in [0.1, 0.15) is 5.82 Å². The Bertz CT molecular complexity index is 305. The summed E-state index contributed by atoms with van der Waals surface area (Å²) in [4.78, 5) is 0. The van der Waals surface area contributed by atoms with Crippen molar-refractivity contribution in [3.8, 4) is 0 Å². The van der Waals surface area contributed by atoms with E-state index in [2.05, 4.69) is 0 Å². The molecule has 2 rings (SSSR count). The first kappa shape index (κ1) is 8.70. The van der Waals surface area contributed by atoms with E-state index in [9.17, 15) is 4.39 Å². The van der Waals surface area contributed by atoms with Crippen LogP contribution in [0.1, 0.15) is 29.9 Å². The molecule has 0 amide bonds. The molecule has 1 aromatic carbocycles. The highest BCUT2D eigenvalue weighted by Crippen LogP contribution is 2.40. The summed E-state index contributed by atoms with van der Waals surface area (Å²) in [6, 6.07) is 5.48. The van der Waals surface area contributed by atoms with Crippen LogP contribution in [-0.2, 0) is 11.3 Å². The summed E-state index contributed by atoms with van der Waals surface area (Å²) in [6.07, 6.45) is 2.42. The fourth-order valence-corrected chi connectivity index (χ4v) is 1.51. The normalized spacial score (nSPS) is 16.2. The van der Waals surface area contributed by atoms with Gasteiger partial charge >= 0.3 is 0 Å². The van der Waals surface area contributed by atoms with Crippen LogP contribution in [0.5, 0.6) is 0 Å². The van der Waals surface area contributed by atoms with Gasteiger partial charge in [-0.15, -0.1) is 0 Å². The average Bonchev–Trinajstić information content (AvgIpc) is 2.91. The molecule has 13 heavy (non-hydrogen) atoms. The zero-order chi connectivity index (χ0) is 9.26. The average molecular weight is 180 g/mol. The Balaban J connectivity index is 2.21. The largest absolute Gasteiger partial charge is 0.380 e. The van der Waals surface area contributed by atoms with Gasteiger partial charge in [0, 0.05) is 12.7 Å². The Morgan fingerprint density at radius 2 is 2.23 bits per heavy atom. The minimum atomic E-state index is -0.133. The van der Waals surface area contributed by atoms with Gasteiger partial charge in [-0.3, -0.25) is 0 Å². The Morgan fingerprint density at radius 3 is 2.77 bits per heavy atom. The molecular weight excluding hydrogens is 167 g/mol. The summed E-state index contributed by atoms with van der Waals surface area (Å²) in [7, 11) is 1.58. The predicted octanol–water partition coefficient (Wildman–Crippen LogP) is 2.85. The first-order valence-corrected chi connectivity index (χ1v) is 4.58. The molecule has 0 atom stereocenters. The number of benzene rings is 1. The predicted molar refractivity (Wildman–Crippen MR) is 49.1 cm³/mol. The first-order chi connectivity index (χ1) is 6.31.